The molecule has 0 saturated heterocycles. The lowest BCUT2D eigenvalue weighted by Gasteiger charge is -2.16. The zero-order valence-corrected chi connectivity index (χ0v) is 7.46. The minimum absolute atomic E-state index is 0.347. The minimum atomic E-state index is -0.740. The van der Waals surface area contributed by atoms with Gasteiger partial charge >= 0.3 is 0 Å². The van der Waals surface area contributed by atoms with Gasteiger partial charge < -0.3 is 14.6 Å². The topological polar surface area (TPSA) is 38.7 Å². The van der Waals surface area contributed by atoms with Gasteiger partial charge in [-0.3, -0.25) is 0 Å². The van der Waals surface area contributed by atoms with Gasteiger partial charge in [-0.05, 0) is 20.8 Å². The third-order valence-electron chi connectivity index (χ3n) is 0.967. The Balaban J connectivity index is 3.02. The molecule has 0 aliphatic carbocycles. The van der Waals surface area contributed by atoms with Crippen molar-refractivity contribution in [2.24, 2.45) is 0 Å². The molecule has 0 unspecified atom stereocenters. The van der Waals surface area contributed by atoms with E-state index in [0.29, 0.717) is 19.8 Å². The second kappa shape index (κ2) is 5.52. The van der Waals surface area contributed by atoms with Gasteiger partial charge in [-0.15, -0.1) is 0 Å². The van der Waals surface area contributed by atoms with E-state index in [1.54, 1.807) is 20.5 Å². The van der Waals surface area contributed by atoms with Gasteiger partial charge in [-0.2, -0.15) is 0 Å². The van der Waals surface area contributed by atoms with E-state index in [1.165, 1.54) is 0 Å². The lowest BCUT2D eigenvalue weighted by molar-refractivity contribution is -0.0322. The first kappa shape index (κ1) is 10.9. The van der Waals surface area contributed by atoms with E-state index < -0.39 is 5.60 Å². The molecule has 0 fully saturated rings. The summed E-state index contributed by atoms with van der Waals surface area (Å²) in [4.78, 5) is 0. The van der Waals surface area contributed by atoms with Crippen LogP contribution >= 0.6 is 0 Å². The largest absolute Gasteiger partial charge is 0.388 e. The van der Waals surface area contributed by atoms with Crippen molar-refractivity contribution in [1.29, 1.82) is 0 Å². The van der Waals surface area contributed by atoms with Crippen molar-refractivity contribution in [3.63, 3.8) is 0 Å². The molecule has 3 nitrogen and oxygen atoms in total. The summed E-state index contributed by atoms with van der Waals surface area (Å²) in [5.74, 6) is 0. The van der Waals surface area contributed by atoms with Crippen LogP contribution in [-0.2, 0) is 9.47 Å². The van der Waals surface area contributed by atoms with Gasteiger partial charge in [-0.25, -0.2) is 0 Å². The highest BCUT2D eigenvalue weighted by Crippen LogP contribution is 2.00. The molecule has 1 N–H and O–H groups in total. The van der Waals surface area contributed by atoms with Crippen LogP contribution in [0, 0.1) is 6.61 Å². The number of aliphatic hydroxyl groups is 1. The van der Waals surface area contributed by atoms with Crippen LogP contribution < -0.4 is 0 Å². The quantitative estimate of drug-likeness (QED) is 0.590. The zero-order chi connectivity index (χ0) is 8.74. The molecule has 0 aromatic heterocycles. The third kappa shape index (κ3) is 9.88. The standard InChI is InChI=1S/C8H17O3/c1-4-10-5-6-11-7-8(2,3)9/h4,9H,5-7H2,1-3H3. The molecule has 0 rings (SSSR count). The van der Waals surface area contributed by atoms with Crippen molar-refractivity contribution in [2.75, 3.05) is 19.8 Å². The minimum Gasteiger partial charge on any atom is -0.388 e. The van der Waals surface area contributed by atoms with Gasteiger partial charge in [0.25, 0.3) is 0 Å². The number of ether oxygens (including phenoxy) is 2. The SMILES string of the molecule is C[CH]OCCOCC(C)(C)O. The Labute approximate surface area is 68.3 Å². The summed E-state index contributed by atoms with van der Waals surface area (Å²) in [6.07, 6.45) is 0. The molecule has 0 aromatic rings. The van der Waals surface area contributed by atoms with E-state index in [9.17, 15) is 5.11 Å². The molecular weight excluding hydrogens is 144 g/mol. The lowest BCUT2D eigenvalue weighted by Crippen LogP contribution is -2.26. The number of hydrogen-bond acceptors (Lipinski definition) is 3. The third-order valence-corrected chi connectivity index (χ3v) is 0.967. The van der Waals surface area contributed by atoms with Gasteiger partial charge in [0.15, 0.2) is 0 Å². The highest BCUT2D eigenvalue weighted by atomic mass is 16.5. The molecule has 0 aliphatic heterocycles. The van der Waals surface area contributed by atoms with Crippen molar-refractivity contribution in [1.82, 2.24) is 0 Å². The molecular formula is C8H17O3. The van der Waals surface area contributed by atoms with E-state index in [2.05, 4.69) is 0 Å². The van der Waals surface area contributed by atoms with Gasteiger partial charge in [0, 0.05) is 0 Å². The molecule has 0 bridgehead atoms. The highest BCUT2D eigenvalue weighted by Gasteiger charge is 2.11. The molecule has 0 spiro atoms. The molecule has 0 amide bonds. The molecule has 11 heavy (non-hydrogen) atoms. The fraction of sp³-hybridized carbons (Fsp3) is 0.875. The normalized spacial score (nSPS) is 12.0. The monoisotopic (exact) mass is 161 g/mol. The Morgan fingerprint density at radius 1 is 1.36 bits per heavy atom. The van der Waals surface area contributed by atoms with E-state index >= 15 is 0 Å². The Morgan fingerprint density at radius 3 is 2.45 bits per heavy atom. The van der Waals surface area contributed by atoms with Crippen LogP contribution in [0.15, 0.2) is 0 Å². The van der Waals surface area contributed by atoms with Crippen LogP contribution in [0.3, 0.4) is 0 Å². The van der Waals surface area contributed by atoms with Crippen LogP contribution in [0.5, 0.6) is 0 Å². The zero-order valence-electron chi connectivity index (χ0n) is 7.46. The fourth-order valence-electron chi connectivity index (χ4n) is 0.547. The van der Waals surface area contributed by atoms with Gasteiger partial charge in [0.05, 0.1) is 32.0 Å². The smallest absolute Gasteiger partial charge is 0.0824 e. The lowest BCUT2D eigenvalue weighted by atomic mass is 10.2. The van der Waals surface area contributed by atoms with Crippen molar-refractivity contribution in [2.45, 2.75) is 26.4 Å². The predicted octanol–water partition coefficient (Wildman–Crippen LogP) is 0.972. The first-order chi connectivity index (χ1) is 5.06. The van der Waals surface area contributed by atoms with Crippen LogP contribution in [0.1, 0.15) is 20.8 Å². The maximum absolute atomic E-state index is 9.20. The van der Waals surface area contributed by atoms with Gasteiger partial charge in [0.2, 0.25) is 0 Å². The summed E-state index contributed by atoms with van der Waals surface area (Å²) >= 11 is 0. The Hall–Kier alpha value is -0.120. The first-order valence-corrected chi connectivity index (χ1v) is 3.76. The molecule has 0 saturated carbocycles. The second-order valence-electron chi connectivity index (χ2n) is 2.97. The summed E-state index contributed by atoms with van der Waals surface area (Å²) in [6.45, 7) is 8.27. The first-order valence-electron chi connectivity index (χ1n) is 3.76. The highest BCUT2D eigenvalue weighted by molar-refractivity contribution is 4.62. The van der Waals surface area contributed by atoms with Crippen LogP contribution in [0.2, 0.25) is 0 Å². The van der Waals surface area contributed by atoms with E-state index in [4.69, 9.17) is 9.47 Å². The Kier molecular flexibility index (Phi) is 5.46. The average Bonchev–Trinajstić information content (AvgIpc) is 1.85. The average molecular weight is 161 g/mol. The maximum Gasteiger partial charge on any atom is 0.0824 e. The van der Waals surface area contributed by atoms with Gasteiger partial charge in [-0.1, -0.05) is 0 Å². The molecule has 0 heterocycles. The second-order valence-corrected chi connectivity index (χ2v) is 2.97. The van der Waals surface area contributed by atoms with E-state index in [0.717, 1.165) is 0 Å². The summed E-state index contributed by atoms with van der Waals surface area (Å²) in [7, 11) is 0. The molecule has 0 aliphatic rings. The predicted molar refractivity (Wildman–Crippen MR) is 43.0 cm³/mol. The van der Waals surface area contributed by atoms with E-state index in [1.807, 2.05) is 6.92 Å². The summed E-state index contributed by atoms with van der Waals surface area (Å²) in [5, 5.41) is 9.20. The molecule has 3 heteroatoms. The number of rotatable bonds is 6. The molecule has 1 radical (unpaired) electrons. The summed E-state index contributed by atoms with van der Waals surface area (Å²) < 4.78 is 10.0. The summed E-state index contributed by atoms with van der Waals surface area (Å²) in [6, 6.07) is 0. The fourth-order valence-corrected chi connectivity index (χ4v) is 0.547. The number of hydrogen-bond donors (Lipinski definition) is 1. The van der Waals surface area contributed by atoms with Crippen molar-refractivity contribution >= 4 is 0 Å². The molecule has 0 atom stereocenters. The molecule has 67 valence electrons. The van der Waals surface area contributed by atoms with Crippen LogP contribution in [-0.4, -0.2) is 30.5 Å². The maximum atomic E-state index is 9.20. The molecule has 0 aromatic carbocycles. The Morgan fingerprint density at radius 2 is 2.00 bits per heavy atom. The van der Waals surface area contributed by atoms with Crippen molar-refractivity contribution < 1.29 is 14.6 Å². The van der Waals surface area contributed by atoms with Crippen LogP contribution in [0.25, 0.3) is 0 Å². The van der Waals surface area contributed by atoms with Crippen LogP contribution in [0.4, 0.5) is 0 Å². The van der Waals surface area contributed by atoms with Gasteiger partial charge in [0.1, 0.15) is 0 Å². The van der Waals surface area contributed by atoms with Crippen molar-refractivity contribution in [3.8, 4) is 0 Å². The van der Waals surface area contributed by atoms with E-state index in [-0.39, 0.29) is 0 Å². The summed E-state index contributed by atoms with van der Waals surface area (Å²) in [5.41, 5.74) is -0.740. The van der Waals surface area contributed by atoms with Crippen molar-refractivity contribution in [3.05, 3.63) is 6.61 Å². The Bertz CT molecular complexity index is 85.8.